The highest BCUT2D eigenvalue weighted by atomic mass is 32.1. The number of hydrogen-bond donors (Lipinski definition) is 2. The second-order valence-corrected chi connectivity index (χ2v) is 6.08. The van der Waals surface area contributed by atoms with Crippen molar-refractivity contribution in [3.05, 3.63) is 28.3 Å². The van der Waals surface area contributed by atoms with Crippen molar-refractivity contribution in [2.45, 2.75) is 34.6 Å². The van der Waals surface area contributed by atoms with E-state index in [0.717, 1.165) is 11.3 Å². The molecule has 2 aromatic rings. The second kappa shape index (κ2) is 5.25. The lowest BCUT2D eigenvalue weighted by atomic mass is 9.92. The first-order chi connectivity index (χ1) is 9.31. The molecule has 0 aliphatic heterocycles. The van der Waals surface area contributed by atoms with Crippen molar-refractivity contribution in [1.29, 1.82) is 0 Å². The summed E-state index contributed by atoms with van der Waals surface area (Å²) in [4.78, 5) is 15.6. The van der Waals surface area contributed by atoms with Crippen LogP contribution in [0.3, 0.4) is 0 Å². The van der Waals surface area contributed by atoms with Crippen molar-refractivity contribution >= 4 is 27.4 Å². The fraction of sp³-hybridized carbons (Fsp3) is 0.333. The number of nitrogens with one attached hydrogen (secondary N) is 1. The number of aryl methyl sites for hydroxylation is 2. The van der Waals surface area contributed by atoms with Crippen LogP contribution in [-0.2, 0) is 4.79 Å². The molecule has 1 amide bonds. The Morgan fingerprint density at radius 1 is 1.20 bits per heavy atom. The third-order valence-corrected chi connectivity index (χ3v) is 4.34. The third kappa shape index (κ3) is 2.54. The summed E-state index contributed by atoms with van der Waals surface area (Å²) in [6.07, 6.45) is 0. The normalized spacial score (nSPS) is 10.7. The molecular weight excluding hydrogens is 270 g/mol. The molecule has 2 rings (SSSR count). The number of carbonyl (C=O) groups excluding carboxylic acids is 1. The average Bonchev–Trinajstić information content (AvgIpc) is 2.67. The predicted molar refractivity (Wildman–Crippen MR) is 85.2 cm³/mol. The molecule has 0 spiro atoms. The monoisotopic (exact) mass is 289 g/mol. The summed E-state index contributed by atoms with van der Waals surface area (Å²) in [7, 11) is 0. The Bertz CT molecular complexity index is 663. The third-order valence-electron chi connectivity index (χ3n) is 3.54. The van der Waals surface area contributed by atoms with Crippen molar-refractivity contribution in [2.24, 2.45) is 0 Å². The largest absolute Gasteiger partial charge is 0.389 e. The lowest BCUT2D eigenvalue weighted by molar-refractivity contribution is -0.114. The van der Waals surface area contributed by atoms with Crippen LogP contribution in [0.1, 0.15) is 29.2 Å². The van der Waals surface area contributed by atoms with Crippen molar-refractivity contribution in [1.82, 2.24) is 4.98 Å². The van der Waals surface area contributed by atoms with Gasteiger partial charge in [0.25, 0.3) is 0 Å². The van der Waals surface area contributed by atoms with E-state index in [1.807, 2.05) is 0 Å². The second-order valence-electron chi connectivity index (χ2n) is 5.05. The van der Waals surface area contributed by atoms with Crippen LogP contribution in [0.2, 0.25) is 0 Å². The number of nitrogen functional groups attached to an aromatic ring is 1. The Hall–Kier alpha value is -1.88. The number of benzene rings is 1. The van der Waals surface area contributed by atoms with Crippen LogP contribution in [0.25, 0.3) is 11.3 Å². The molecule has 3 N–H and O–H groups in total. The number of carbonyl (C=O) groups is 1. The fourth-order valence-electron chi connectivity index (χ4n) is 2.29. The van der Waals surface area contributed by atoms with E-state index >= 15 is 0 Å². The summed E-state index contributed by atoms with van der Waals surface area (Å²) >= 11 is 1.30. The van der Waals surface area contributed by atoms with Gasteiger partial charge in [-0.2, -0.15) is 0 Å². The number of nitrogens with two attached hydrogens (primary N) is 1. The number of nitrogens with zero attached hydrogens (tertiary/aromatic N) is 1. The molecule has 0 unspecified atom stereocenters. The van der Waals surface area contributed by atoms with E-state index in [1.165, 1.54) is 40.5 Å². The van der Waals surface area contributed by atoms with E-state index in [-0.39, 0.29) is 5.91 Å². The molecule has 4 nitrogen and oxygen atoms in total. The number of hydrogen-bond acceptors (Lipinski definition) is 4. The minimum Gasteiger partial charge on any atom is -0.389 e. The molecule has 106 valence electrons. The molecular formula is C15H19N3OS. The maximum absolute atomic E-state index is 11.1. The fourth-order valence-corrected chi connectivity index (χ4v) is 3.07. The Morgan fingerprint density at radius 2 is 1.75 bits per heavy atom. The predicted octanol–water partition coefficient (Wildman–Crippen LogP) is 3.58. The van der Waals surface area contributed by atoms with Crippen LogP contribution >= 0.6 is 11.3 Å². The lowest BCUT2D eigenvalue weighted by Gasteiger charge is -2.14. The van der Waals surface area contributed by atoms with Crippen LogP contribution in [0, 0.1) is 27.7 Å². The molecule has 0 saturated heterocycles. The molecule has 0 aliphatic carbocycles. The summed E-state index contributed by atoms with van der Waals surface area (Å²) in [5, 5.41) is 3.87. The van der Waals surface area contributed by atoms with Crippen LogP contribution in [0.5, 0.6) is 0 Å². The molecule has 1 aromatic heterocycles. The Morgan fingerprint density at radius 3 is 2.25 bits per heavy atom. The van der Waals surface area contributed by atoms with Crippen molar-refractivity contribution in [3.8, 4) is 11.3 Å². The SMILES string of the molecule is CC(=O)Nc1nc(-c2c(C)c(C)cc(C)c2C)c(N)s1. The van der Waals surface area contributed by atoms with Crippen molar-refractivity contribution in [2.75, 3.05) is 11.1 Å². The van der Waals surface area contributed by atoms with Gasteiger partial charge in [-0.05, 0) is 49.9 Å². The molecule has 1 aromatic carbocycles. The molecule has 20 heavy (non-hydrogen) atoms. The van der Waals surface area contributed by atoms with Gasteiger partial charge in [0, 0.05) is 12.5 Å². The van der Waals surface area contributed by atoms with Crippen molar-refractivity contribution in [3.63, 3.8) is 0 Å². The lowest BCUT2D eigenvalue weighted by Crippen LogP contribution is -2.05. The van der Waals surface area contributed by atoms with Gasteiger partial charge < -0.3 is 11.1 Å². The number of anilines is 2. The zero-order chi connectivity index (χ0) is 15.0. The minimum atomic E-state index is -0.140. The molecule has 0 bridgehead atoms. The van der Waals surface area contributed by atoms with Crippen LogP contribution in [0.15, 0.2) is 6.07 Å². The molecule has 0 atom stereocenters. The Labute approximate surface area is 123 Å². The highest BCUT2D eigenvalue weighted by Crippen LogP contribution is 2.38. The first-order valence-electron chi connectivity index (χ1n) is 6.43. The summed E-state index contributed by atoms with van der Waals surface area (Å²) in [5.74, 6) is -0.140. The van der Waals surface area contributed by atoms with Crippen molar-refractivity contribution < 1.29 is 4.79 Å². The Kier molecular flexibility index (Phi) is 3.81. The van der Waals surface area contributed by atoms with Gasteiger partial charge in [-0.3, -0.25) is 4.79 Å². The van der Waals surface area contributed by atoms with E-state index in [4.69, 9.17) is 5.73 Å². The molecule has 0 fully saturated rings. The molecule has 1 heterocycles. The molecule has 5 heteroatoms. The van der Waals surface area contributed by atoms with Gasteiger partial charge in [-0.15, -0.1) is 0 Å². The quantitative estimate of drug-likeness (QED) is 0.887. The summed E-state index contributed by atoms with van der Waals surface area (Å²) < 4.78 is 0. The van der Waals surface area contributed by atoms with E-state index in [0.29, 0.717) is 10.1 Å². The van der Waals surface area contributed by atoms with Crippen LogP contribution in [-0.4, -0.2) is 10.9 Å². The highest BCUT2D eigenvalue weighted by Gasteiger charge is 2.17. The summed E-state index contributed by atoms with van der Waals surface area (Å²) in [6, 6.07) is 2.17. The Balaban J connectivity index is 2.63. The van der Waals surface area contributed by atoms with E-state index in [2.05, 4.69) is 44.1 Å². The first-order valence-corrected chi connectivity index (χ1v) is 7.24. The van der Waals surface area contributed by atoms with Gasteiger partial charge in [0.15, 0.2) is 5.13 Å². The van der Waals surface area contributed by atoms with E-state index < -0.39 is 0 Å². The summed E-state index contributed by atoms with van der Waals surface area (Å²) in [5.41, 5.74) is 12.7. The zero-order valence-electron chi connectivity index (χ0n) is 12.4. The van der Waals surface area contributed by atoms with Crippen LogP contribution in [0.4, 0.5) is 10.1 Å². The molecule has 0 aliphatic rings. The number of amides is 1. The van der Waals surface area contributed by atoms with Gasteiger partial charge in [0.2, 0.25) is 5.91 Å². The maximum atomic E-state index is 11.1. The topological polar surface area (TPSA) is 68.0 Å². The van der Waals surface area contributed by atoms with Gasteiger partial charge in [0.05, 0.1) is 0 Å². The number of aromatic nitrogens is 1. The maximum Gasteiger partial charge on any atom is 0.223 e. The van der Waals surface area contributed by atoms with E-state index in [1.54, 1.807) is 0 Å². The van der Waals surface area contributed by atoms with Gasteiger partial charge >= 0.3 is 0 Å². The van der Waals surface area contributed by atoms with Gasteiger partial charge in [-0.25, -0.2) is 4.98 Å². The zero-order valence-corrected chi connectivity index (χ0v) is 13.2. The standard InChI is InChI=1S/C15H19N3OS/c1-7-6-8(2)10(4)12(9(7)3)13-14(16)20-15(18-13)17-11(5)19/h6H,16H2,1-5H3,(H,17,18,19). The van der Waals surface area contributed by atoms with Gasteiger partial charge in [-0.1, -0.05) is 17.4 Å². The summed E-state index contributed by atoms with van der Waals surface area (Å²) in [6.45, 7) is 9.79. The van der Waals surface area contributed by atoms with Crippen LogP contribution < -0.4 is 11.1 Å². The average molecular weight is 289 g/mol. The van der Waals surface area contributed by atoms with E-state index in [9.17, 15) is 4.79 Å². The minimum absolute atomic E-state index is 0.140. The first kappa shape index (κ1) is 14.5. The van der Waals surface area contributed by atoms with Gasteiger partial charge in [0.1, 0.15) is 10.7 Å². The molecule has 0 radical (unpaired) electrons. The smallest absolute Gasteiger partial charge is 0.223 e. The number of rotatable bonds is 2. The number of thiazole rings is 1. The highest BCUT2D eigenvalue weighted by molar-refractivity contribution is 7.20. The molecule has 0 saturated carbocycles.